The third-order valence-corrected chi connectivity index (χ3v) is 2.39. The molecule has 0 amide bonds. The van der Waals surface area contributed by atoms with Crippen molar-refractivity contribution >= 4 is 31.9 Å². The lowest BCUT2D eigenvalue weighted by atomic mass is 10.2. The monoisotopic (exact) mass is 256 g/mol. The third kappa shape index (κ3) is 6.85. The topological polar surface area (TPSA) is 0 Å². The Hall–Kier alpha value is 0.960. The van der Waals surface area contributed by atoms with Gasteiger partial charge in [0.05, 0.1) is 0 Å². The van der Waals surface area contributed by atoms with E-state index in [0.717, 1.165) is 0 Å². The van der Waals surface area contributed by atoms with Gasteiger partial charge in [0.2, 0.25) is 0 Å². The van der Waals surface area contributed by atoms with E-state index in [2.05, 4.69) is 45.7 Å². The van der Waals surface area contributed by atoms with Crippen molar-refractivity contribution in [1.29, 1.82) is 0 Å². The van der Waals surface area contributed by atoms with E-state index < -0.39 is 0 Å². The fraction of sp³-hybridized carbons (Fsp3) is 1.00. The average molecular weight is 258 g/mol. The molecule has 0 spiro atoms. The number of hydrogen-bond acceptors (Lipinski definition) is 0. The predicted molar refractivity (Wildman–Crippen MR) is 50.6 cm³/mol. The molecule has 0 aliphatic carbocycles. The van der Waals surface area contributed by atoms with Crippen LogP contribution < -0.4 is 0 Å². The van der Waals surface area contributed by atoms with Crippen LogP contribution in [-0.2, 0) is 0 Å². The van der Waals surface area contributed by atoms with Crippen molar-refractivity contribution in [3.05, 3.63) is 0 Å². The van der Waals surface area contributed by atoms with Gasteiger partial charge < -0.3 is 0 Å². The summed E-state index contributed by atoms with van der Waals surface area (Å²) in [5.74, 6) is 0. The first kappa shape index (κ1) is 9.96. The maximum absolute atomic E-state index is 3.61. The minimum atomic E-state index is 0.647. The van der Waals surface area contributed by atoms with Crippen molar-refractivity contribution in [1.82, 2.24) is 0 Å². The van der Waals surface area contributed by atoms with Gasteiger partial charge in [-0.25, -0.2) is 0 Å². The van der Waals surface area contributed by atoms with Crippen LogP contribution in [0, 0.1) is 0 Å². The minimum Gasteiger partial charge on any atom is -0.0893 e. The zero-order valence-electron chi connectivity index (χ0n) is 6.03. The maximum Gasteiger partial charge on any atom is 0.0156 e. The van der Waals surface area contributed by atoms with Gasteiger partial charge >= 0.3 is 0 Å². The van der Waals surface area contributed by atoms with Gasteiger partial charge in [-0.2, -0.15) is 0 Å². The fourth-order valence-corrected chi connectivity index (χ4v) is 2.75. The van der Waals surface area contributed by atoms with Crippen molar-refractivity contribution in [2.24, 2.45) is 0 Å². The molecule has 2 unspecified atom stereocenters. The van der Waals surface area contributed by atoms with Crippen LogP contribution >= 0.6 is 31.9 Å². The first-order valence-corrected chi connectivity index (χ1v) is 5.28. The van der Waals surface area contributed by atoms with Crippen LogP contribution in [0.1, 0.15) is 33.1 Å². The van der Waals surface area contributed by atoms with Crippen LogP contribution in [0.3, 0.4) is 0 Å². The van der Waals surface area contributed by atoms with Crippen LogP contribution in [0.5, 0.6) is 0 Å². The summed E-state index contributed by atoms with van der Waals surface area (Å²) in [6.45, 7) is 4.40. The molecule has 0 radical (unpaired) electrons. The molecule has 0 saturated carbocycles. The molecule has 0 aromatic rings. The lowest BCUT2D eigenvalue weighted by molar-refractivity contribution is 0.695. The standard InChI is InChI=1S/C7H14Br2/c1-3-4-7(9)5-6(2)8/h6-7H,3-5H2,1-2H3. The van der Waals surface area contributed by atoms with Crippen LogP contribution in [-0.4, -0.2) is 9.65 Å². The second kappa shape index (κ2) is 5.72. The Balaban J connectivity index is 3.15. The van der Waals surface area contributed by atoms with E-state index in [1.54, 1.807) is 0 Å². The normalized spacial score (nSPS) is 17.3. The zero-order valence-corrected chi connectivity index (χ0v) is 9.20. The largest absolute Gasteiger partial charge is 0.0893 e. The van der Waals surface area contributed by atoms with Crippen LogP contribution in [0.2, 0.25) is 0 Å². The minimum absolute atomic E-state index is 0.647. The Morgan fingerprint density at radius 3 is 2.22 bits per heavy atom. The summed E-state index contributed by atoms with van der Waals surface area (Å²) in [5.41, 5.74) is 0. The molecule has 0 aromatic carbocycles. The van der Waals surface area contributed by atoms with E-state index in [-0.39, 0.29) is 0 Å². The lowest BCUT2D eigenvalue weighted by Gasteiger charge is -2.08. The summed E-state index contributed by atoms with van der Waals surface area (Å²) in [4.78, 5) is 1.35. The molecule has 0 N–H and O–H groups in total. The van der Waals surface area contributed by atoms with Crippen molar-refractivity contribution in [2.45, 2.75) is 42.8 Å². The second-order valence-corrected chi connectivity index (χ2v) is 5.26. The lowest BCUT2D eigenvalue weighted by Crippen LogP contribution is -2.03. The Morgan fingerprint density at radius 1 is 1.33 bits per heavy atom. The van der Waals surface area contributed by atoms with E-state index in [1.807, 2.05) is 0 Å². The quantitative estimate of drug-likeness (QED) is 0.674. The van der Waals surface area contributed by atoms with Crippen molar-refractivity contribution in [3.63, 3.8) is 0 Å². The van der Waals surface area contributed by atoms with E-state index in [1.165, 1.54) is 19.3 Å². The summed E-state index contributed by atoms with van der Waals surface area (Å²) in [6, 6.07) is 0. The molecule has 0 nitrogen and oxygen atoms in total. The molecule has 0 saturated heterocycles. The smallest absolute Gasteiger partial charge is 0.0156 e. The summed E-state index contributed by atoms with van der Waals surface area (Å²) < 4.78 is 0. The van der Waals surface area contributed by atoms with E-state index in [4.69, 9.17) is 0 Å². The highest BCUT2D eigenvalue weighted by Crippen LogP contribution is 2.17. The third-order valence-electron chi connectivity index (χ3n) is 1.18. The predicted octanol–water partition coefficient (Wildman–Crippen LogP) is 3.72. The SMILES string of the molecule is CCCC(Br)CC(C)Br. The van der Waals surface area contributed by atoms with Crippen molar-refractivity contribution in [3.8, 4) is 0 Å². The molecule has 2 atom stereocenters. The molecular formula is C7H14Br2. The molecular weight excluding hydrogens is 244 g/mol. The Labute approximate surface area is 74.7 Å². The van der Waals surface area contributed by atoms with Gasteiger partial charge in [-0.1, -0.05) is 52.1 Å². The van der Waals surface area contributed by atoms with E-state index in [0.29, 0.717) is 9.65 Å². The summed E-state index contributed by atoms with van der Waals surface area (Å²) in [6.07, 6.45) is 3.79. The number of halogens is 2. The van der Waals surface area contributed by atoms with Gasteiger partial charge in [-0.05, 0) is 12.8 Å². The highest BCUT2D eigenvalue weighted by Gasteiger charge is 2.05. The first-order chi connectivity index (χ1) is 4.16. The molecule has 0 aliphatic rings. The van der Waals surface area contributed by atoms with Crippen molar-refractivity contribution in [2.75, 3.05) is 0 Å². The summed E-state index contributed by atoms with van der Waals surface area (Å²) in [5, 5.41) is 0. The van der Waals surface area contributed by atoms with Gasteiger partial charge in [0.15, 0.2) is 0 Å². The Kier molecular flexibility index (Phi) is 6.33. The highest BCUT2D eigenvalue weighted by atomic mass is 79.9. The molecule has 0 heterocycles. The van der Waals surface area contributed by atoms with Crippen LogP contribution in [0.25, 0.3) is 0 Å². The van der Waals surface area contributed by atoms with Gasteiger partial charge in [0, 0.05) is 9.65 Å². The second-order valence-electron chi connectivity index (χ2n) is 2.40. The van der Waals surface area contributed by atoms with E-state index >= 15 is 0 Å². The first-order valence-electron chi connectivity index (χ1n) is 3.45. The van der Waals surface area contributed by atoms with Gasteiger partial charge in [-0.3, -0.25) is 0 Å². The average Bonchev–Trinajstić information content (AvgIpc) is 1.63. The molecule has 2 heteroatoms. The molecule has 0 rings (SSSR count). The van der Waals surface area contributed by atoms with Crippen LogP contribution in [0.4, 0.5) is 0 Å². The molecule has 0 bridgehead atoms. The highest BCUT2D eigenvalue weighted by molar-refractivity contribution is 9.10. The molecule has 0 aromatic heterocycles. The zero-order chi connectivity index (χ0) is 7.28. The Morgan fingerprint density at radius 2 is 1.89 bits per heavy atom. The number of hydrogen-bond donors (Lipinski definition) is 0. The van der Waals surface area contributed by atoms with Gasteiger partial charge in [0.25, 0.3) is 0 Å². The van der Waals surface area contributed by atoms with Crippen LogP contribution in [0.15, 0.2) is 0 Å². The molecule has 0 aliphatic heterocycles. The molecule has 0 fully saturated rings. The fourth-order valence-electron chi connectivity index (χ4n) is 0.784. The van der Waals surface area contributed by atoms with Gasteiger partial charge in [-0.15, -0.1) is 0 Å². The number of rotatable bonds is 4. The van der Waals surface area contributed by atoms with E-state index in [9.17, 15) is 0 Å². The maximum atomic E-state index is 3.61. The molecule has 56 valence electrons. The molecule has 9 heavy (non-hydrogen) atoms. The van der Waals surface area contributed by atoms with Gasteiger partial charge in [0.1, 0.15) is 0 Å². The number of alkyl halides is 2. The summed E-state index contributed by atoms with van der Waals surface area (Å²) in [7, 11) is 0. The summed E-state index contributed by atoms with van der Waals surface area (Å²) >= 11 is 7.12. The van der Waals surface area contributed by atoms with Crippen molar-refractivity contribution < 1.29 is 0 Å². The Bertz CT molecular complexity index is 61.9.